The molecule has 0 atom stereocenters. The maximum atomic E-state index is 8.91. The highest BCUT2D eigenvalue weighted by molar-refractivity contribution is 5.56. The molecule has 0 spiro atoms. The molecule has 3 rings (SSSR count). The van der Waals surface area contributed by atoms with E-state index in [9.17, 15) is 0 Å². The van der Waals surface area contributed by atoms with Gasteiger partial charge in [-0.1, -0.05) is 24.3 Å². The molecule has 0 radical (unpaired) electrons. The molecule has 0 aliphatic rings. The van der Waals surface area contributed by atoms with Crippen molar-refractivity contribution in [1.82, 2.24) is 9.97 Å². The summed E-state index contributed by atoms with van der Waals surface area (Å²) in [5, 5.41) is 17.6. The minimum atomic E-state index is 0.634. The average molecular weight is 364 g/mol. The molecular weight excluding hydrogens is 344 g/mol. The second-order valence-corrected chi connectivity index (χ2v) is 6.72. The molecule has 0 amide bonds. The molecule has 0 aliphatic heterocycles. The van der Waals surface area contributed by atoms with Crippen LogP contribution in [0, 0.1) is 36.5 Å². The number of nitriles is 2. The summed E-state index contributed by atoms with van der Waals surface area (Å²) in [6, 6.07) is 17.8. The fourth-order valence-corrected chi connectivity index (χ4v) is 3.22. The third-order valence-corrected chi connectivity index (χ3v) is 4.63. The van der Waals surface area contributed by atoms with E-state index >= 15 is 0 Å². The Morgan fingerprint density at radius 3 is 2.32 bits per heavy atom. The highest BCUT2D eigenvalue weighted by Crippen LogP contribution is 2.21. The van der Waals surface area contributed by atoms with Crippen molar-refractivity contribution in [3.05, 3.63) is 99.6 Å². The van der Waals surface area contributed by atoms with Crippen molar-refractivity contribution >= 4 is 6.08 Å². The van der Waals surface area contributed by atoms with Gasteiger partial charge in [-0.15, -0.1) is 0 Å². The SMILES string of the molecule is Cc1cc(C=CC#N)cc(C)c1Cc1ccnc(Cc2ccc(C#N)cc2)n1. The van der Waals surface area contributed by atoms with E-state index in [1.165, 1.54) is 22.8 Å². The Hall–Kier alpha value is -3.76. The fourth-order valence-electron chi connectivity index (χ4n) is 3.22. The van der Waals surface area contributed by atoms with Gasteiger partial charge in [0.2, 0.25) is 0 Å². The zero-order chi connectivity index (χ0) is 19.9. The lowest BCUT2D eigenvalue weighted by molar-refractivity contribution is 0.912. The summed E-state index contributed by atoms with van der Waals surface area (Å²) in [7, 11) is 0. The van der Waals surface area contributed by atoms with E-state index in [-0.39, 0.29) is 0 Å². The number of allylic oxidation sites excluding steroid dienone is 1. The Labute approximate surface area is 165 Å². The van der Waals surface area contributed by atoms with Crippen LogP contribution >= 0.6 is 0 Å². The number of aromatic nitrogens is 2. The lowest BCUT2D eigenvalue weighted by Crippen LogP contribution is -2.03. The predicted molar refractivity (Wildman–Crippen MR) is 109 cm³/mol. The third kappa shape index (κ3) is 4.69. The molecule has 2 aromatic carbocycles. The van der Waals surface area contributed by atoms with Gasteiger partial charge in [0.05, 0.1) is 17.7 Å². The first-order chi connectivity index (χ1) is 13.6. The monoisotopic (exact) mass is 364 g/mol. The number of hydrogen-bond acceptors (Lipinski definition) is 4. The largest absolute Gasteiger partial charge is 0.241 e. The summed E-state index contributed by atoms with van der Waals surface area (Å²) in [5.74, 6) is 0.770. The maximum absolute atomic E-state index is 8.91. The van der Waals surface area contributed by atoms with Crippen molar-refractivity contribution in [3.63, 3.8) is 0 Å². The van der Waals surface area contributed by atoms with Crippen LogP contribution in [0.5, 0.6) is 0 Å². The molecule has 0 N–H and O–H groups in total. The molecule has 0 bridgehead atoms. The Balaban J connectivity index is 1.80. The van der Waals surface area contributed by atoms with Gasteiger partial charge in [-0.05, 0) is 65.9 Å². The quantitative estimate of drug-likeness (QED) is 0.616. The van der Waals surface area contributed by atoms with Gasteiger partial charge < -0.3 is 0 Å². The number of rotatable bonds is 5. The van der Waals surface area contributed by atoms with Gasteiger partial charge in [0.15, 0.2) is 0 Å². The van der Waals surface area contributed by atoms with Crippen molar-refractivity contribution in [1.29, 1.82) is 10.5 Å². The Kier molecular flexibility index (Phi) is 5.94. The van der Waals surface area contributed by atoms with Gasteiger partial charge in [-0.3, -0.25) is 0 Å². The van der Waals surface area contributed by atoms with Crippen molar-refractivity contribution in [2.24, 2.45) is 0 Å². The van der Waals surface area contributed by atoms with Gasteiger partial charge in [0, 0.05) is 30.8 Å². The molecule has 0 fully saturated rings. The molecule has 4 heteroatoms. The summed E-state index contributed by atoms with van der Waals surface area (Å²) in [5.41, 5.74) is 7.36. The third-order valence-electron chi connectivity index (χ3n) is 4.63. The molecule has 0 aliphatic carbocycles. The van der Waals surface area contributed by atoms with Crippen molar-refractivity contribution in [2.75, 3.05) is 0 Å². The van der Waals surface area contributed by atoms with E-state index in [0.717, 1.165) is 29.1 Å². The van der Waals surface area contributed by atoms with Crippen LogP contribution in [-0.4, -0.2) is 9.97 Å². The van der Waals surface area contributed by atoms with Gasteiger partial charge in [-0.25, -0.2) is 9.97 Å². The molecule has 4 nitrogen and oxygen atoms in total. The Morgan fingerprint density at radius 1 is 0.964 bits per heavy atom. The molecule has 0 saturated carbocycles. The number of benzene rings is 2. The minimum absolute atomic E-state index is 0.634. The minimum Gasteiger partial charge on any atom is -0.241 e. The van der Waals surface area contributed by atoms with Crippen LogP contribution in [-0.2, 0) is 12.8 Å². The first kappa shape index (κ1) is 19.0. The Morgan fingerprint density at radius 2 is 1.68 bits per heavy atom. The topological polar surface area (TPSA) is 73.4 Å². The molecule has 0 saturated heterocycles. The molecule has 28 heavy (non-hydrogen) atoms. The number of nitrogens with zero attached hydrogens (tertiary/aromatic N) is 4. The van der Waals surface area contributed by atoms with Crippen molar-refractivity contribution < 1.29 is 0 Å². The summed E-state index contributed by atoms with van der Waals surface area (Å²) in [6.45, 7) is 4.18. The van der Waals surface area contributed by atoms with Gasteiger partial charge in [-0.2, -0.15) is 10.5 Å². The van der Waals surface area contributed by atoms with Gasteiger partial charge in [0.1, 0.15) is 5.82 Å². The smallest absolute Gasteiger partial charge is 0.132 e. The van der Waals surface area contributed by atoms with Gasteiger partial charge >= 0.3 is 0 Å². The van der Waals surface area contributed by atoms with Crippen LogP contribution in [0.25, 0.3) is 6.08 Å². The van der Waals surface area contributed by atoms with Crippen LogP contribution in [0.4, 0.5) is 0 Å². The Bertz CT molecular complexity index is 1070. The lowest BCUT2D eigenvalue weighted by atomic mass is 9.95. The zero-order valence-electron chi connectivity index (χ0n) is 16.0. The molecular formula is C24H20N4. The van der Waals surface area contributed by atoms with Crippen LogP contribution in [0.2, 0.25) is 0 Å². The maximum Gasteiger partial charge on any atom is 0.132 e. The molecule has 1 aromatic heterocycles. The van der Waals surface area contributed by atoms with E-state index in [2.05, 4.69) is 37.0 Å². The van der Waals surface area contributed by atoms with Crippen molar-refractivity contribution in [3.8, 4) is 12.1 Å². The second kappa shape index (κ2) is 8.75. The molecule has 136 valence electrons. The molecule has 3 aromatic rings. The number of aryl methyl sites for hydroxylation is 2. The van der Waals surface area contributed by atoms with Crippen molar-refractivity contribution in [2.45, 2.75) is 26.7 Å². The van der Waals surface area contributed by atoms with E-state index in [4.69, 9.17) is 15.5 Å². The van der Waals surface area contributed by atoms with Crippen LogP contribution in [0.15, 0.2) is 54.7 Å². The molecule has 0 unspecified atom stereocenters. The summed E-state index contributed by atoms with van der Waals surface area (Å²) in [4.78, 5) is 9.12. The predicted octanol–water partition coefficient (Wildman–Crippen LogP) is 4.68. The van der Waals surface area contributed by atoms with E-state index < -0.39 is 0 Å². The van der Waals surface area contributed by atoms with E-state index in [1.807, 2.05) is 42.5 Å². The summed E-state index contributed by atoms with van der Waals surface area (Å²) >= 11 is 0. The van der Waals surface area contributed by atoms with Crippen LogP contribution in [0.1, 0.15) is 44.9 Å². The van der Waals surface area contributed by atoms with E-state index in [1.54, 1.807) is 6.20 Å². The normalized spacial score (nSPS) is 10.6. The highest BCUT2D eigenvalue weighted by atomic mass is 14.9. The van der Waals surface area contributed by atoms with Gasteiger partial charge in [0.25, 0.3) is 0 Å². The standard InChI is InChI=1S/C24H20N4/c1-17-12-21(4-3-10-25)13-18(2)23(17)15-22-9-11-27-24(28-22)14-19-5-7-20(16-26)8-6-19/h3-9,11-13H,14-15H2,1-2H3. The van der Waals surface area contributed by atoms with E-state index in [0.29, 0.717) is 12.0 Å². The molecule has 1 heterocycles. The summed E-state index contributed by atoms with van der Waals surface area (Å²) in [6.07, 6.45) is 6.49. The lowest BCUT2D eigenvalue weighted by Gasteiger charge is -2.12. The zero-order valence-corrected chi connectivity index (χ0v) is 16.0. The average Bonchev–Trinajstić information content (AvgIpc) is 2.70. The van der Waals surface area contributed by atoms with Crippen LogP contribution < -0.4 is 0 Å². The number of hydrogen-bond donors (Lipinski definition) is 0. The first-order valence-corrected chi connectivity index (χ1v) is 9.05. The summed E-state index contributed by atoms with van der Waals surface area (Å²) < 4.78 is 0. The first-order valence-electron chi connectivity index (χ1n) is 9.05. The van der Waals surface area contributed by atoms with Crippen LogP contribution in [0.3, 0.4) is 0 Å². The highest BCUT2D eigenvalue weighted by Gasteiger charge is 2.08. The second-order valence-electron chi connectivity index (χ2n) is 6.72. The fraction of sp³-hybridized carbons (Fsp3) is 0.167.